The molecule has 160 valence electrons. The predicted octanol–water partition coefficient (Wildman–Crippen LogP) is 1.52. The lowest BCUT2D eigenvalue weighted by Crippen LogP contribution is -2.45. The molecule has 0 radical (unpaired) electrons. The van der Waals surface area contributed by atoms with Gasteiger partial charge in [-0.15, -0.1) is 0 Å². The van der Waals surface area contributed by atoms with E-state index in [1.54, 1.807) is 4.90 Å². The number of carbonyl (C=O) groups is 3. The standard InChI is InChI=1S/C20H28N2O7/c1-4-14-7-5-6-8-22(14)18(24)12-29-20(25)13-9-15(26-2)19(16(10-13)27-3)28-11-17(21)23/h9-10,14H,4-8,11-12H2,1-3H3,(H2,21,23). The summed E-state index contributed by atoms with van der Waals surface area (Å²) in [5.41, 5.74) is 5.22. The highest BCUT2D eigenvalue weighted by Crippen LogP contribution is 2.38. The number of carbonyl (C=O) groups excluding carboxylic acids is 3. The Morgan fingerprint density at radius 3 is 2.31 bits per heavy atom. The van der Waals surface area contributed by atoms with Crippen molar-refractivity contribution >= 4 is 17.8 Å². The fraction of sp³-hybridized carbons (Fsp3) is 0.550. The van der Waals surface area contributed by atoms with Crippen molar-refractivity contribution in [3.05, 3.63) is 17.7 Å². The predicted molar refractivity (Wildman–Crippen MR) is 104 cm³/mol. The number of rotatable bonds is 9. The molecule has 1 saturated heterocycles. The summed E-state index contributed by atoms with van der Waals surface area (Å²) in [5, 5.41) is 0. The molecular weight excluding hydrogens is 380 g/mol. The molecule has 2 N–H and O–H groups in total. The van der Waals surface area contributed by atoms with Gasteiger partial charge < -0.3 is 29.6 Å². The Kier molecular flexibility index (Phi) is 8.11. The molecular formula is C20H28N2O7. The van der Waals surface area contributed by atoms with Crippen LogP contribution < -0.4 is 19.9 Å². The highest BCUT2D eigenvalue weighted by Gasteiger charge is 2.26. The Balaban J connectivity index is 2.09. The lowest BCUT2D eigenvalue weighted by molar-refractivity contribution is -0.138. The van der Waals surface area contributed by atoms with E-state index in [4.69, 9.17) is 24.7 Å². The van der Waals surface area contributed by atoms with E-state index < -0.39 is 11.9 Å². The molecule has 0 aromatic heterocycles. The summed E-state index contributed by atoms with van der Waals surface area (Å²) in [6.45, 7) is 2.02. The number of benzene rings is 1. The van der Waals surface area contributed by atoms with Crippen LogP contribution in [0.4, 0.5) is 0 Å². The van der Waals surface area contributed by atoms with Crippen LogP contribution in [-0.2, 0) is 14.3 Å². The molecule has 1 unspecified atom stereocenters. The Morgan fingerprint density at radius 1 is 1.10 bits per heavy atom. The van der Waals surface area contributed by atoms with Gasteiger partial charge in [0.1, 0.15) is 0 Å². The molecule has 1 aromatic carbocycles. The minimum atomic E-state index is -0.693. The monoisotopic (exact) mass is 408 g/mol. The number of likely N-dealkylation sites (tertiary alicyclic amines) is 1. The molecule has 1 aliphatic heterocycles. The van der Waals surface area contributed by atoms with Crippen LogP contribution in [0.1, 0.15) is 43.0 Å². The van der Waals surface area contributed by atoms with Gasteiger partial charge in [-0.1, -0.05) is 6.92 Å². The molecule has 2 amide bonds. The minimum Gasteiger partial charge on any atom is -0.493 e. The van der Waals surface area contributed by atoms with Crippen molar-refractivity contribution in [3.63, 3.8) is 0 Å². The lowest BCUT2D eigenvalue weighted by atomic mass is 10.00. The van der Waals surface area contributed by atoms with E-state index in [0.29, 0.717) is 6.54 Å². The highest BCUT2D eigenvalue weighted by atomic mass is 16.5. The second-order valence-electron chi connectivity index (χ2n) is 6.69. The van der Waals surface area contributed by atoms with Crippen LogP contribution in [0.15, 0.2) is 12.1 Å². The van der Waals surface area contributed by atoms with E-state index in [1.807, 2.05) is 6.92 Å². The van der Waals surface area contributed by atoms with Gasteiger partial charge in [-0.25, -0.2) is 4.79 Å². The Hall–Kier alpha value is -2.97. The summed E-state index contributed by atoms with van der Waals surface area (Å²) in [7, 11) is 2.76. The van der Waals surface area contributed by atoms with Crippen LogP contribution in [0.5, 0.6) is 17.2 Å². The SMILES string of the molecule is CCC1CCCCN1C(=O)COC(=O)c1cc(OC)c(OCC(N)=O)c(OC)c1. The van der Waals surface area contributed by atoms with Crippen LogP contribution in [0.3, 0.4) is 0 Å². The molecule has 0 bridgehead atoms. The normalized spacial score (nSPS) is 16.1. The number of methoxy groups -OCH3 is 2. The second kappa shape index (κ2) is 10.5. The average molecular weight is 408 g/mol. The van der Waals surface area contributed by atoms with Gasteiger partial charge in [0, 0.05) is 12.6 Å². The molecule has 2 rings (SSSR count). The maximum Gasteiger partial charge on any atom is 0.338 e. The van der Waals surface area contributed by atoms with Crippen molar-refractivity contribution in [2.24, 2.45) is 5.73 Å². The number of nitrogens with zero attached hydrogens (tertiary/aromatic N) is 1. The van der Waals surface area contributed by atoms with Gasteiger partial charge in [-0.3, -0.25) is 9.59 Å². The third-order valence-corrected chi connectivity index (χ3v) is 4.80. The minimum absolute atomic E-state index is 0.128. The first kappa shape index (κ1) is 22.3. The number of hydrogen-bond acceptors (Lipinski definition) is 7. The van der Waals surface area contributed by atoms with E-state index in [-0.39, 0.29) is 48.0 Å². The summed E-state index contributed by atoms with van der Waals surface area (Å²) in [6, 6.07) is 2.97. The van der Waals surface area contributed by atoms with Crippen molar-refractivity contribution in [1.29, 1.82) is 0 Å². The first-order valence-corrected chi connectivity index (χ1v) is 9.54. The van der Waals surface area contributed by atoms with Gasteiger partial charge in [0.25, 0.3) is 11.8 Å². The van der Waals surface area contributed by atoms with Crippen molar-refractivity contribution in [1.82, 2.24) is 4.90 Å². The zero-order valence-electron chi connectivity index (χ0n) is 17.1. The van der Waals surface area contributed by atoms with Crippen molar-refractivity contribution in [2.45, 2.75) is 38.6 Å². The summed E-state index contributed by atoms with van der Waals surface area (Å²) >= 11 is 0. The molecule has 1 fully saturated rings. The second-order valence-corrected chi connectivity index (χ2v) is 6.69. The Morgan fingerprint density at radius 2 is 1.76 bits per heavy atom. The number of amides is 2. The smallest absolute Gasteiger partial charge is 0.338 e. The number of hydrogen-bond donors (Lipinski definition) is 1. The first-order chi connectivity index (χ1) is 13.9. The molecule has 9 nitrogen and oxygen atoms in total. The molecule has 1 aromatic rings. The molecule has 0 spiro atoms. The van der Waals surface area contributed by atoms with E-state index >= 15 is 0 Å². The molecule has 1 aliphatic rings. The number of piperidine rings is 1. The van der Waals surface area contributed by atoms with Crippen molar-refractivity contribution < 1.29 is 33.3 Å². The van der Waals surface area contributed by atoms with Gasteiger partial charge in [-0.05, 0) is 37.8 Å². The zero-order chi connectivity index (χ0) is 21.4. The van der Waals surface area contributed by atoms with Crippen LogP contribution in [0.25, 0.3) is 0 Å². The van der Waals surface area contributed by atoms with Gasteiger partial charge in [0.15, 0.2) is 24.7 Å². The number of primary amides is 1. The van der Waals surface area contributed by atoms with E-state index in [0.717, 1.165) is 25.7 Å². The lowest BCUT2D eigenvalue weighted by Gasteiger charge is -2.35. The van der Waals surface area contributed by atoms with Crippen molar-refractivity contribution in [3.8, 4) is 17.2 Å². The van der Waals surface area contributed by atoms with Gasteiger partial charge in [0.05, 0.1) is 19.8 Å². The van der Waals surface area contributed by atoms with Crippen LogP contribution in [0, 0.1) is 0 Å². The number of esters is 1. The fourth-order valence-corrected chi connectivity index (χ4v) is 3.33. The van der Waals surface area contributed by atoms with Crippen LogP contribution >= 0.6 is 0 Å². The molecule has 0 aliphatic carbocycles. The van der Waals surface area contributed by atoms with Crippen LogP contribution in [0.2, 0.25) is 0 Å². The largest absolute Gasteiger partial charge is 0.493 e. The zero-order valence-corrected chi connectivity index (χ0v) is 17.1. The van der Waals surface area contributed by atoms with Gasteiger partial charge >= 0.3 is 5.97 Å². The third kappa shape index (κ3) is 5.75. The quantitative estimate of drug-likeness (QED) is 0.616. The molecule has 29 heavy (non-hydrogen) atoms. The summed E-state index contributed by atoms with van der Waals surface area (Å²) in [4.78, 5) is 37.7. The van der Waals surface area contributed by atoms with Gasteiger partial charge in [0.2, 0.25) is 5.75 Å². The number of nitrogens with two attached hydrogens (primary N) is 1. The summed E-state index contributed by atoms with van der Waals surface area (Å²) in [6.07, 6.45) is 3.90. The molecule has 9 heteroatoms. The third-order valence-electron chi connectivity index (χ3n) is 4.80. The molecule has 1 atom stereocenters. The molecule has 1 heterocycles. The highest BCUT2D eigenvalue weighted by molar-refractivity contribution is 5.93. The topological polar surface area (TPSA) is 117 Å². The average Bonchev–Trinajstić information content (AvgIpc) is 2.74. The van der Waals surface area contributed by atoms with Gasteiger partial charge in [-0.2, -0.15) is 0 Å². The maximum atomic E-state index is 12.5. The van der Waals surface area contributed by atoms with E-state index in [1.165, 1.54) is 26.4 Å². The van der Waals surface area contributed by atoms with Crippen molar-refractivity contribution in [2.75, 3.05) is 34.0 Å². The molecule has 0 saturated carbocycles. The fourth-order valence-electron chi connectivity index (χ4n) is 3.33. The number of ether oxygens (including phenoxy) is 4. The Labute approximate surface area is 170 Å². The first-order valence-electron chi connectivity index (χ1n) is 9.54. The summed E-state index contributed by atoms with van der Waals surface area (Å²) < 4.78 is 21.0. The van der Waals surface area contributed by atoms with E-state index in [9.17, 15) is 14.4 Å². The summed E-state index contributed by atoms with van der Waals surface area (Å²) in [5.74, 6) is -1.08. The van der Waals surface area contributed by atoms with E-state index in [2.05, 4.69) is 0 Å². The van der Waals surface area contributed by atoms with Crippen LogP contribution in [-0.4, -0.2) is 62.7 Å². The maximum absolute atomic E-state index is 12.5. The Bertz CT molecular complexity index is 725.